The molecule has 104 valence electrons. The second-order valence-corrected chi connectivity index (χ2v) is 6.04. The first-order valence-electron chi connectivity index (χ1n) is 7.21. The smallest absolute Gasteiger partial charge is 0.105 e. The fourth-order valence-corrected chi connectivity index (χ4v) is 3.46. The number of halogens is 1. The Morgan fingerprint density at radius 3 is 2.33 bits per heavy atom. The Balaban J connectivity index is 1.89. The molecule has 0 unspecified atom stereocenters. The molecule has 2 heteroatoms. The molecular weight excluding hydrogens is 280 g/mol. The zero-order valence-corrected chi connectivity index (χ0v) is 12.3. The molecule has 0 bridgehead atoms. The standard InChI is InChI=1S/C19H15ClO/c20-15-9-6-14(7-10-15)19(21)17-11-8-13-5-4-12-2-1-3-16(17)18(12)13/h1-3,6-11,19,21H,4-5H2/t19-/m1/s1. The van der Waals surface area contributed by atoms with Gasteiger partial charge in [-0.25, -0.2) is 0 Å². The highest BCUT2D eigenvalue weighted by Crippen LogP contribution is 2.36. The highest BCUT2D eigenvalue weighted by atomic mass is 35.5. The summed E-state index contributed by atoms with van der Waals surface area (Å²) in [5.74, 6) is 0. The van der Waals surface area contributed by atoms with Gasteiger partial charge in [0.05, 0.1) is 0 Å². The lowest BCUT2D eigenvalue weighted by atomic mass is 9.93. The van der Waals surface area contributed by atoms with E-state index in [9.17, 15) is 5.11 Å². The third-order valence-corrected chi connectivity index (χ3v) is 4.64. The molecule has 4 rings (SSSR count). The van der Waals surface area contributed by atoms with Crippen LogP contribution < -0.4 is 0 Å². The summed E-state index contributed by atoms with van der Waals surface area (Å²) < 4.78 is 0. The first-order chi connectivity index (χ1) is 10.2. The Morgan fingerprint density at radius 2 is 1.57 bits per heavy atom. The van der Waals surface area contributed by atoms with Crippen molar-refractivity contribution in [2.75, 3.05) is 0 Å². The highest BCUT2D eigenvalue weighted by Gasteiger charge is 2.19. The lowest BCUT2D eigenvalue weighted by molar-refractivity contribution is 0.222. The van der Waals surface area contributed by atoms with Gasteiger partial charge in [-0.2, -0.15) is 0 Å². The Kier molecular flexibility index (Phi) is 2.99. The zero-order valence-electron chi connectivity index (χ0n) is 11.5. The van der Waals surface area contributed by atoms with E-state index in [1.54, 1.807) is 0 Å². The van der Waals surface area contributed by atoms with Crippen LogP contribution in [0.1, 0.15) is 28.4 Å². The molecule has 0 amide bonds. The van der Waals surface area contributed by atoms with E-state index in [1.165, 1.54) is 21.9 Å². The predicted octanol–water partition coefficient (Wildman–Crippen LogP) is 4.67. The van der Waals surface area contributed by atoms with Gasteiger partial charge in [0.15, 0.2) is 0 Å². The maximum Gasteiger partial charge on any atom is 0.105 e. The van der Waals surface area contributed by atoms with Crippen LogP contribution in [0.5, 0.6) is 0 Å². The maximum absolute atomic E-state index is 10.7. The van der Waals surface area contributed by atoms with Crippen molar-refractivity contribution in [3.8, 4) is 0 Å². The molecule has 0 aliphatic heterocycles. The van der Waals surface area contributed by atoms with E-state index in [1.807, 2.05) is 24.3 Å². The first-order valence-corrected chi connectivity index (χ1v) is 7.59. The molecule has 0 spiro atoms. The van der Waals surface area contributed by atoms with E-state index in [-0.39, 0.29) is 0 Å². The molecule has 1 atom stereocenters. The SMILES string of the molecule is O[C@H](c1ccc(Cl)cc1)c1ccc2c3c(cccc13)CC2. The quantitative estimate of drug-likeness (QED) is 0.728. The van der Waals surface area contributed by atoms with Gasteiger partial charge < -0.3 is 5.11 Å². The van der Waals surface area contributed by atoms with Crippen molar-refractivity contribution >= 4 is 22.4 Å². The minimum absolute atomic E-state index is 0.618. The average Bonchev–Trinajstić information content (AvgIpc) is 2.93. The molecule has 0 radical (unpaired) electrons. The number of aryl methyl sites for hydroxylation is 2. The largest absolute Gasteiger partial charge is 0.384 e. The lowest BCUT2D eigenvalue weighted by Crippen LogP contribution is -2.01. The molecular formula is C19H15ClO. The molecule has 3 aromatic rings. The minimum Gasteiger partial charge on any atom is -0.384 e. The van der Waals surface area contributed by atoms with Crippen molar-refractivity contribution in [1.82, 2.24) is 0 Å². The van der Waals surface area contributed by atoms with Crippen LogP contribution in [0.15, 0.2) is 54.6 Å². The molecule has 0 heterocycles. The Hall–Kier alpha value is -1.83. The summed E-state index contributed by atoms with van der Waals surface area (Å²) in [7, 11) is 0. The van der Waals surface area contributed by atoms with Crippen LogP contribution in [0, 0.1) is 0 Å². The fourth-order valence-electron chi connectivity index (χ4n) is 3.33. The van der Waals surface area contributed by atoms with Crippen LogP contribution in [0.25, 0.3) is 10.8 Å². The van der Waals surface area contributed by atoms with Crippen LogP contribution in [0.2, 0.25) is 5.02 Å². The average molecular weight is 295 g/mol. The van der Waals surface area contributed by atoms with Gasteiger partial charge in [-0.05, 0) is 58.0 Å². The molecule has 1 nitrogen and oxygen atoms in total. The monoisotopic (exact) mass is 294 g/mol. The van der Waals surface area contributed by atoms with E-state index < -0.39 is 6.10 Å². The number of hydrogen-bond donors (Lipinski definition) is 1. The molecule has 0 fully saturated rings. The molecule has 0 saturated carbocycles. The maximum atomic E-state index is 10.7. The first kappa shape index (κ1) is 12.9. The topological polar surface area (TPSA) is 20.2 Å². The normalized spacial score (nSPS) is 14.6. The Labute approximate surface area is 128 Å². The number of aliphatic hydroxyl groups excluding tert-OH is 1. The number of rotatable bonds is 2. The summed E-state index contributed by atoms with van der Waals surface area (Å²) in [6.07, 6.45) is 1.59. The van der Waals surface area contributed by atoms with E-state index in [4.69, 9.17) is 11.6 Å². The predicted molar refractivity (Wildman–Crippen MR) is 86.9 cm³/mol. The number of benzene rings is 3. The van der Waals surface area contributed by atoms with Gasteiger partial charge in [0.2, 0.25) is 0 Å². The van der Waals surface area contributed by atoms with Crippen LogP contribution in [0.3, 0.4) is 0 Å². The van der Waals surface area contributed by atoms with Gasteiger partial charge in [-0.1, -0.05) is 54.1 Å². The van der Waals surface area contributed by atoms with Gasteiger partial charge in [-0.15, -0.1) is 0 Å². The molecule has 21 heavy (non-hydrogen) atoms. The minimum atomic E-state index is -0.618. The summed E-state index contributed by atoms with van der Waals surface area (Å²) in [6, 6.07) is 18.0. The second kappa shape index (κ2) is 4.87. The summed E-state index contributed by atoms with van der Waals surface area (Å²) in [6.45, 7) is 0. The van der Waals surface area contributed by atoms with E-state index >= 15 is 0 Å². The Morgan fingerprint density at radius 1 is 0.857 bits per heavy atom. The number of hydrogen-bond acceptors (Lipinski definition) is 1. The van der Waals surface area contributed by atoms with E-state index in [0.29, 0.717) is 5.02 Å². The fraction of sp³-hybridized carbons (Fsp3) is 0.158. The van der Waals surface area contributed by atoms with Crippen LogP contribution >= 0.6 is 11.6 Å². The number of aliphatic hydroxyl groups is 1. The summed E-state index contributed by atoms with van der Waals surface area (Å²) in [5.41, 5.74) is 4.64. The van der Waals surface area contributed by atoms with E-state index in [2.05, 4.69) is 30.3 Å². The molecule has 0 aromatic heterocycles. The third kappa shape index (κ3) is 2.05. The molecule has 3 aromatic carbocycles. The van der Waals surface area contributed by atoms with Gasteiger partial charge in [0.25, 0.3) is 0 Å². The molecule has 1 aliphatic carbocycles. The third-order valence-electron chi connectivity index (χ3n) is 4.39. The summed E-state index contributed by atoms with van der Waals surface area (Å²) in [5, 5.41) is 13.9. The molecule has 1 N–H and O–H groups in total. The van der Waals surface area contributed by atoms with Crippen LogP contribution in [-0.4, -0.2) is 5.11 Å². The van der Waals surface area contributed by atoms with Crippen molar-refractivity contribution in [2.45, 2.75) is 18.9 Å². The molecule has 1 aliphatic rings. The zero-order chi connectivity index (χ0) is 14.4. The van der Waals surface area contributed by atoms with Gasteiger partial charge >= 0.3 is 0 Å². The Bertz CT molecular complexity index is 811. The van der Waals surface area contributed by atoms with Crippen molar-refractivity contribution in [2.24, 2.45) is 0 Å². The van der Waals surface area contributed by atoms with Crippen molar-refractivity contribution in [1.29, 1.82) is 0 Å². The van der Waals surface area contributed by atoms with E-state index in [0.717, 1.165) is 24.0 Å². The van der Waals surface area contributed by atoms with Gasteiger partial charge in [0.1, 0.15) is 6.10 Å². The van der Waals surface area contributed by atoms with Crippen LogP contribution in [0.4, 0.5) is 0 Å². The van der Waals surface area contributed by atoms with Crippen molar-refractivity contribution in [3.63, 3.8) is 0 Å². The van der Waals surface area contributed by atoms with Crippen molar-refractivity contribution in [3.05, 3.63) is 81.9 Å². The summed E-state index contributed by atoms with van der Waals surface area (Å²) in [4.78, 5) is 0. The van der Waals surface area contributed by atoms with Gasteiger partial charge in [0, 0.05) is 5.02 Å². The molecule has 0 saturated heterocycles. The lowest BCUT2D eigenvalue weighted by Gasteiger charge is -2.15. The highest BCUT2D eigenvalue weighted by molar-refractivity contribution is 6.30. The van der Waals surface area contributed by atoms with Crippen molar-refractivity contribution < 1.29 is 5.11 Å². The second-order valence-electron chi connectivity index (χ2n) is 5.61. The summed E-state index contributed by atoms with van der Waals surface area (Å²) >= 11 is 5.93. The van der Waals surface area contributed by atoms with Gasteiger partial charge in [-0.3, -0.25) is 0 Å². The van der Waals surface area contributed by atoms with Crippen LogP contribution in [-0.2, 0) is 12.8 Å².